The van der Waals surface area contributed by atoms with E-state index < -0.39 is 10.0 Å². The van der Waals surface area contributed by atoms with Gasteiger partial charge in [0.2, 0.25) is 10.0 Å². The highest BCUT2D eigenvalue weighted by Crippen LogP contribution is 2.23. The zero-order valence-corrected chi connectivity index (χ0v) is 11.9. The van der Waals surface area contributed by atoms with E-state index in [9.17, 15) is 8.42 Å². The molecule has 3 nitrogen and oxygen atoms in total. The first-order valence-electron chi connectivity index (χ1n) is 6.63. The van der Waals surface area contributed by atoms with Gasteiger partial charge in [-0.2, -0.15) is 4.31 Å². The SMILES string of the molecule is CCc1ccc(S(=O)(=O)N2CCC[C@@H](C)C2)cc1. The van der Waals surface area contributed by atoms with Gasteiger partial charge in [-0.25, -0.2) is 8.42 Å². The summed E-state index contributed by atoms with van der Waals surface area (Å²) in [5.41, 5.74) is 1.17. The molecule has 0 spiro atoms. The smallest absolute Gasteiger partial charge is 0.207 e. The van der Waals surface area contributed by atoms with E-state index in [0.29, 0.717) is 23.9 Å². The monoisotopic (exact) mass is 267 g/mol. The fourth-order valence-electron chi connectivity index (χ4n) is 2.41. The Morgan fingerprint density at radius 3 is 2.50 bits per heavy atom. The summed E-state index contributed by atoms with van der Waals surface area (Å²) in [7, 11) is -3.29. The van der Waals surface area contributed by atoms with Crippen molar-refractivity contribution >= 4 is 10.0 Å². The molecule has 18 heavy (non-hydrogen) atoms. The number of rotatable bonds is 3. The average molecular weight is 267 g/mol. The van der Waals surface area contributed by atoms with Gasteiger partial charge in [-0.15, -0.1) is 0 Å². The van der Waals surface area contributed by atoms with Crippen molar-refractivity contribution in [2.75, 3.05) is 13.1 Å². The molecular weight excluding hydrogens is 246 g/mol. The van der Waals surface area contributed by atoms with Crippen molar-refractivity contribution < 1.29 is 8.42 Å². The lowest BCUT2D eigenvalue weighted by molar-refractivity contribution is 0.281. The van der Waals surface area contributed by atoms with Gasteiger partial charge < -0.3 is 0 Å². The molecule has 1 heterocycles. The van der Waals surface area contributed by atoms with E-state index in [1.807, 2.05) is 12.1 Å². The van der Waals surface area contributed by atoms with Crippen molar-refractivity contribution in [3.8, 4) is 0 Å². The molecule has 0 aliphatic carbocycles. The minimum atomic E-state index is -3.29. The summed E-state index contributed by atoms with van der Waals surface area (Å²) in [6.45, 7) is 5.48. The van der Waals surface area contributed by atoms with Gasteiger partial charge in [0.15, 0.2) is 0 Å². The zero-order chi connectivity index (χ0) is 13.2. The normalized spacial score (nSPS) is 22.0. The Balaban J connectivity index is 2.23. The van der Waals surface area contributed by atoms with Gasteiger partial charge >= 0.3 is 0 Å². The number of piperidine rings is 1. The van der Waals surface area contributed by atoms with E-state index in [1.165, 1.54) is 5.56 Å². The molecule has 1 atom stereocenters. The Bertz CT molecular complexity index is 493. The van der Waals surface area contributed by atoms with Gasteiger partial charge in [0.25, 0.3) is 0 Å². The van der Waals surface area contributed by atoms with Gasteiger partial charge in [0, 0.05) is 13.1 Å². The molecule has 0 aromatic heterocycles. The van der Waals surface area contributed by atoms with Gasteiger partial charge in [0.1, 0.15) is 0 Å². The molecule has 0 amide bonds. The third-order valence-electron chi connectivity index (χ3n) is 3.59. The van der Waals surface area contributed by atoms with Crippen LogP contribution < -0.4 is 0 Å². The molecule has 1 aromatic carbocycles. The lowest BCUT2D eigenvalue weighted by Gasteiger charge is -2.30. The van der Waals surface area contributed by atoms with Crippen molar-refractivity contribution in [3.63, 3.8) is 0 Å². The van der Waals surface area contributed by atoms with E-state index in [1.54, 1.807) is 16.4 Å². The van der Waals surface area contributed by atoms with Gasteiger partial charge in [0.05, 0.1) is 4.90 Å². The summed E-state index contributed by atoms with van der Waals surface area (Å²) < 4.78 is 26.5. The molecule has 1 aliphatic heterocycles. The summed E-state index contributed by atoms with van der Waals surface area (Å²) >= 11 is 0. The van der Waals surface area contributed by atoms with Crippen LogP contribution >= 0.6 is 0 Å². The van der Waals surface area contributed by atoms with E-state index in [0.717, 1.165) is 19.3 Å². The van der Waals surface area contributed by atoms with E-state index in [-0.39, 0.29) is 0 Å². The maximum absolute atomic E-state index is 12.5. The predicted molar refractivity (Wildman–Crippen MR) is 73.0 cm³/mol. The highest BCUT2D eigenvalue weighted by Gasteiger charge is 2.28. The maximum atomic E-state index is 12.5. The van der Waals surface area contributed by atoms with Gasteiger partial charge in [-0.05, 0) is 42.9 Å². The second-order valence-corrected chi connectivity index (χ2v) is 7.05. The molecule has 0 saturated carbocycles. The molecule has 0 bridgehead atoms. The van der Waals surface area contributed by atoms with Crippen LogP contribution in [-0.4, -0.2) is 25.8 Å². The lowest BCUT2D eigenvalue weighted by atomic mass is 10.0. The fourth-order valence-corrected chi connectivity index (χ4v) is 4.01. The standard InChI is InChI=1S/C14H21NO2S/c1-3-13-6-8-14(9-7-13)18(16,17)15-10-4-5-12(2)11-15/h6-9,12H,3-5,10-11H2,1-2H3/t12-/m1/s1. The van der Waals surface area contributed by atoms with Crippen molar-refractivity contribution in [1.82, 2.24) is 4.31 Å². The van der Waals surface area contributed by atoms with Gasteiger partial charge in [-0.1, -0.05) is 26.0 Å². The fraction of sp³-hybridized carbons (Fsp3) is 0.571. The molecular formula is C14H21NO2S. The summed E-state index contributed by atoms with van der Waals surface area (Å²) in [6, 6.07) is 7.27. The highest BCUT2D eigenvalue weighted by atomic mass is 32.2. The Labute approximate surface area is 110 Å². The topological polar surface area (TPSA) is 37.4 Å². The predicted octanol–water partition coefficient (Wildman–Crippen LogP) is 2.67. The van der Waals surface area contributed by atoms with Crippen molar-refractivity contribution in [2.45, 2.75) is 38.0 Å². The van der Waals surface area contributed by atoms with Gasteiger partial charge in [-0.3, -0.25) is 0 Å². The number of hydrogen-bond donors (Lipinski definition) is 0. The molecule has 1 aliphatic rings. The maximum Gasteiger partial charge on any atom is 0.243 e. The van der Waals surface area contributed by atoms with Crippen LogP contribution in [0.1, 0.15) is 32.3 Å². The van der Waals surface area contributed by atoms with Crippen LogP contribution in [0.4, 0.5) is 0 Å². The van der Waals surface area contributed by atoms with Crippen molar-refractivity contribution in [3.05, 3.63) is 29.8 Å². The molecule has 2 rings (SSSR count). The Hall–Kier alpha value is -0.870. The first-order valence-corrected chi connectivity index (χ1v) is 8.07. The van der Waals surface area contributed by atoms with Crippen molar-refractivity contribution in [2.24, 2.45) is 5.92 Å². The first kappa shape index (κ1) is 13.6. The lowest BCUT2D eigenvalue weighted by Crippen LogP contribution is -2.39. The Morgan fingerprint density at radius 1 is 1.28 bits per heavy atom. The van der Waals surface area contributed by atoms with Crippen LogP contribution in [0, 0.1) is 5.92 Å². The minimum Gasteiger partial charge on any atom is -0.207 e. The highest BCUT2D eigenvalue weighted by molar-refractivity contribution is 7.89. The van der Waals surface area contributed by atoms with Crippen LogP contribution in [0.15, 0.2) is 29.2 Å². The minimum absolute atomic E-state index is 0.425. The summed E-state index contributed by atoms with van der Waals surface area (Å²) in [5.74, 6) is 0.462. The van der Waals surface area contributed by atoms with Crippen molar-refractivity contribution in [1.29, 1.82) is 0 Å². The molecule has 4 heteroatoms. The summed E-state index contributed by atoms with van der Waals surface area (Å²) in [5, 5.41) is 0. The summed E-state index contributed by atoms with van der Waals surface area (Å²) in [6.07, 6.45) is 3.02. The molecule has 1 aromatic rings. The number of aryl methyl sites for hydroxylation is 1. The van der Waals surface area contributed by atoms with Crippen LogP contribution in [0.25, 0.3) is 0 Å². The summed E-state index contributed by atoms with van der Waals surface area (Å²) in [4.78, 5) is 0.425. The third kappa shape index (κ3) is 2.75. The van der Waals surface area contributed by atoms with E-state index in [2.05, 4.69) is 13.8 Å². The van der Waals surface area contributed by atoms with E-state index >= 15 is 0 Å². The molecule has 1 saturated heterocycles. The first-order chi connectivity index (χ1) is 8.54. The Morgan fingerprint density at radius 2 is 1.94 bits per heavy atom. The number of sulfonamides is 1. The van der Waals surface area contributed by atoms with E-state index in [4.69, 9.17) is 0 Å². The number of hydrogen-bond acceptors (Lipinski definition) is 2. The number of benzene rings is 1. The largest absolute Gasteiger partial charge is 0.243 e. The number of nitrogens with zero attached hydrogens (tertiary/aromatic N) is 1. The second kappa shape index (κ2) is 5.41. The third-order valence-corrected chi connectivity index (χ3v) is 5.47. The second-order valence-electron chi connectivity index (χ2n) is 5.11. The zero-order valence-electron chi connectivity index (χ0n) is 11.1. The average Bonchev–Trinajstić information content (AvgIpc) is 2.39. The molecule has 1 fully saturated rings. The van der Waals surface area contributed by atoms with Crippen LogP contribution in [-0.2, 0) is 16.4 Å². The Kier molecular flexibility index (Phi) is 4.07. The van der Waals surface area contributed by atoms with Crippen LogP contribution in [0.2, 0.25) is 0 Å². The molecule has 0 unspecified atom stereocenters. The quantitative estimate of drug-likeness (QED) is 0.844. The molecule has 100 valence electrons. The molecule has 0 N–H and O–H groups in total. The van der Waals surface area contributed by atoms with Crippen LogP contribution in [0.3, 0.4) is 0 Å². The molecule has 0 radical (unpaired) electrons. The van der Waals surface area contributed by atoms with Crippen LogP contribution in [0.5, 0.6) is 0 Å².